The molecule has 1 N–H and O–H groups in total. The molecule has 1 saturated heterocycles. The van der Waals surface area contributed by atoms with Crippen LogP contribution in [0, 0.1) is 11.8 Å². The second kappa shape index (κ2) is 12.4. The van der Waals surface area contributed by atoms with Gasteiger partial charge in [-0.2, -0.15) is 0 Å². The van der Waals surface area contributed by atoms with Crippen molar-refractivity contribution in [2.45, 2.75) is 66.0 Å². The number of hydrogen-bond donors (Lipinski definition) is 1. The summed E-state index contributed by atoms with van der Waals surface area (Å²) in [5, 5.41) is 11.7. The highest BCUT2D eigenvalue weighted by molar-refractivity contribution is 5.68. The molecular weight excluding hydrogens is 454 g/mol. The molecule has 1 atom stereocenters. The van der Waals surface area contributed by atoms with Gasteiger partial charge in [0.25, 0.3) is 0 Å². The van der Waals surface area contributed by atoms with Gasteiger partial charge in [-0.25, -0.2) is 4.98 Å². The maximum absolute atomic E-state index is 11.7. The molecule has 4 nitrogen and oxygen atoms in total. The van der Waals surface area contributed by atoms with E-state index in [0.717, 1.165) is 62.3 Å². The number of allylic oxidation sites excluding steroid dienone is 1. The molecule has 3 aromatic rings. The van der Waals surface area contributed by atoms with Crippen molar-refractivity contribution in [2.75, 3.05) is 22.9 Å². The Morgan fingerprint density at radius 3 is 2.30 bits per heavy atom. The molecule has 0 spiro atoms. The van der Waals surface area contributed by atoms with Gasteiger partial charge in [0, 0.05) is 36.6 Å². The van der Waals surface area contributed by atoms with Crippen LogP contribution in [-0.4, -0.2) is 29.4 Å². The molecule has 1 aliphatic heterocycles. The van der Waals surface area contributed by atoms with E-state index in [0.29, 0.717) is 5.92 Å². The van der Waals surface area contributed by atoms with Gasteiger partial charge in [-0.15, -0.1) is 0 Å². The van der Waals surface area contributed by atoms with E-state index >= 15 is 0 Å². The van der Waals surface area contributed by atoms with Crippen LogP contribution in [0.15, 0.2) is 79.1 Å². The maximum atomic E-state index is 11.7. The van der Waals surface area contributed by atoms with Gasteiger partial charge in [0.2, 0.25) is 0 Å². The minimum Gasteiger partial charge on any atom is -0.373 e. The molecule has 4 heteroatoms. The third-order valence-corrected chi connectivity index (χ3v) is 7.58. The van der Waals surface area contributed by atoms with E-state index in [1.54, 1.807) is 0 Å². The maximum Gasteiger partial charge on any atom is 0.135 e. The number of aliphatic hydroxyl groups is 1. The van der Waals surface area contributed by atoms with Crippen LogP contribution in [0.1, 0.15) is 58.1 Å². The van der Waals surface area contributed by atoms with Crippen molar-refractivity contribution in [3.8, 4) is 11.1 Å². The molecule has 0 saturated carbocycles. The number of pyridine rings is 1. The van der Waals surface area contributed by atoms with Crippen molar-refractivity contribution in [1.82, 2.24) is 4.98 Å². The van der Waals surface area contributed by atoms with E-state index in [9.17, 15) is 5.11 Å². The number of nitrogens with zero attached hydrogens (tertiary/aromatic N) is 3. The second-order valence-corrected chi connectivity index (χ2v) is 10.7. The highest BCUT2D eigenvalue weighted by atomic mass is 16.3. The summed E-state index contributed by atoms with van der Waals surface area (Å²) in [6.45, 7) is 15.0. The SMILES string of the molecule is C=C(CC(C)C)N(c1cc(-c2cccc(CC)c2)ccn1)C(O)C1CCN(c2ccc(CC)cc2)CC1. The number of aliphatic hydroxyl groups excluding tert-OH is 1. The minimum absolute atomic E-state index is 0.156. The lowest BCUT2D eigenvalue weighted by Gasteiger charge is -2.40. The Kier molecular flexibility index (Phi) is 9.04. The zero-order chi connectivity index (χ0) is 26.4. The number of rotatable bonds is 10. The van der Waals surface area contributed by atoms with Crippen LogP contribution in [0.4, 0.5) is 11.5 Å². The van der Waals surface area contributed by atoms with E-state index in [-0.39, 0.29) is 5.92 Å². The number of piperidine rings is 1. The van der Waals surface area contributed by atoms with Crippen molar-refractivity contribution in [3.05, 3.63) is 90.3 Å². The lowest BCUT2D eigenvalue weighted by atomic mass is 9.93. The lowest BCUT2D eigenvalue weighted by Crippen LogP contribution is -2.46. The molecule has 37 heavy (non-hydrogen) atoms. The van der Waals surface area contributed by atoms with Gasteiger partial charge >= 0.3 is 0 Å². The Morgan fingerprint density at radius 2 is 1.65 bits per heavy atom. The van der Waals surface area contributed by atoms with Gasteiger partial charge in [-0.1, -0.05) is 70.7 Å². The quantitative estimate of drug-likeness (QED) is 0.295. The van der Waals surface area contributed by atoms with E-state index < -0.39 is 6.23 Å². The van der Waals surface area contributed by atoms with E-state index in [4.69, 9.17) is 4.98 Å². The highest BCUT2D eigenvalue weighted by Gasteiger charge is 2.32. The molecule has 1 fully saturated rings. The smallest absolute Gasteiger partial charge is 0.135 e. The predicted octanol–water partition coefficient (Wildman–Crippen LogP) is 7.47. The molecule has 1 aromatic heterocycles. The Hall–Kier alpha value is -3.11. The minimum atomic E-state index is -0.652. The van der Waals surface area contributed by atoms with Gasteiger partial charge in [-0.05, 0) is 84.5 Å². The molecule has 0 aliphatic carbocycles. The zero-order valence-corrected chi connectivity index (χ0v) is 23.0. The van der Waals surface area contributed by atoms with E-state index in [1.165, 1.54) is 22.4 Å². The molecule has 0 radical (unpaired) electrons. The van der Waals surface area contributed by atoms with Crippen LogP contribution in [-0.2, 0) is 12.8 Å². The molecule has 2 aromatic carbocycles. The van der Waals surface area contributed by atoms with E-state index in [1.807, 2.05) is 11.1 Å². The molecule has 1 aliphatic rings. The Bertz CT molecular complexity index is 1160. The van der Waals surface area contributed by atoms with Crippen molar-refractivity contribution in [2.24, 2.45) is 11.8 Å². The van der Waals surface area contributed by atoms with Crippen molar-refractivity contribution >= 4 is 11.5 Å². The van der Waals surface area contributed by atoms with Crippen molar-refractivity contribution in [3.63, 3.8) is 0 Å². The molecule has 2 heterocycles. The predicted molar refractivity (Wildman–Crippen MR) is 157 cm³/mol. The fraction of sp³-hybridized carbons (Fsp3) is 0.424. The number of hydrogen-bond acceptors (Lipinski definition) is 4. The average molecular weight is 498 g/mol. The molecule has 1 unspecified atom stereocenters. The summed E-state index contributed by atoms with van der Waals surface area (Å²) in [4.78, 5) is 9.17. The van der Waals surface area contributed by atoms with Crippen LogP contribution in [0.2, 0.25) is 0 Å². The number of benzene rings is 2. The first-order valence-electron chi connectivity index (χ1n) is 13.9. The number of aryl methyl sites for hydroxylation is 2. The summed E-state index contributed by atoms with van der Waals surface area (Å²) in [7, 11) is 0. The molecule has 196 valence electrons. The summed E-state index contributed by atoms with van der Waals surface area (Å²) in [5.41, 5.74) is 7.16. The van der Waals surface area contributed by atoms with Gasteiger partial charge in [0.15, 0.2) is 0 Å². The highest BCUT2D eigenvalue weighted by Crippen LogP contribution is 2.33. The first kappa shape index (κ1) is 26.9. The standard InChI is InChI=1S/C33H43N3O/c1-6-26-11-13-31(14-12-26)35-19-16-28(17-20-35)33(37)36(25(5)21-24(3)4)32-23-30(15-18-34-32)29-10-8-9-27(7-2)22-29/h8-15,18,22-24,28,33,37H,5-7,16-17,19-21H2,1-4H3. The topological polar surface area (TPSA) is 39.6 Å². The van der Waals surface area contributed by atoms with Crippen LogP contribution < -0.4 is 9.80 Å². The van der Waals surface area contributed by atoms with Gasteiger partial charge < -0.3 is 14.9 Å². The molecule has 0 bridgehead atoms. The third kappa shape index (κ3) is 6.61. The lowest BCUT2D eigenvalue weighted by molar-refractivity contribution is 0.0932. The van der Waals surface area contributed by atoms with Crippen LogP contribution >= 0.6 is 0 Å². The number of aromatic nitrogens is 1. The summed E-state index contributed by atoms with van der Waals surface area (Å²) >= 11 is 0. The van der Waals surface area contributed by atoms with E-state index in [2.05, 4.69) is 99.8 Å². The Morgan fingerprint density at radius 1 is 0.973 bits per heavy atom. The second-order valence-electron chi connectivity index (χ2n) is 10.7. The fourth-order valence-electron chi connectivity index (χ4n) is 5.36. The zero-order valence-electron chi connectivity index (χ0n) is 23.0. The Labute approximate surface area is 223 Å². The summed E-state index contributed by atoms with van der Waals surface area (Å²) < 4.78 is 0. The molecule has 4 rings (SSSR count). The van der Waals surface area contributed by atoms with Crippen LogP contribution in [0.25, 0.3) is 11.1 Å². The largest absolute Gasteiger partial charge is 0.373 e. The molecular formula is C33H43N3O. The monoisotopic (exact) mass is 497 g/mol. The first-order valence-corrected chi connectivity index (χ1v) is 13.9. The van der Waals surface area contributed by atoms with Crippen molar-refractivity contribution in [1.29, 1.82) is 0 Å². The van der Waals surface area contributed by atoms with Crippen LogP contribution in [0.5, 0.6) is 0 Å². The van der Waals surface area contributed by atoms with Crippen molar-refractivity contribution < 1.29 is 5.11 Å². The van der Waals surface area contributed by atoms with Gasteiger partial charge in [0.1, 0.15) is 12.0 Å². The summed E-state index contributed by atoms with van der Waals surface area (Å²) in [6.07, 6.45) is 5.94. The van der Waals surface area contributed by atoms with Gasteiger partial charge in [0.05, 0.1) is 0 Å². The normalized spacial score (nSPS) is 15.1. The average Bonchev–Trinajstić information content (AvgIpc) is 2.93. The number of anilines is 2. The summed E-state index contributed by atoms with van der Waals surface area (Å²) in [6, 6.07) is 21.7. The Balaban J connectivity index is 1.55. The summed E-state index contributed by atoms with van der Waals surface area (Å²) in [5.74, 6) is 1.37. The van der Waals surface area contributed by atoms with Gasteiger partial charge in [-0.3, -0.25) is 0 Å². The van der Waals surface area contributed by atoms with Crippen LogP contribution in [0.3, 0.4) is 0 Å². The fourth-order valence-corrected chi connectivity index (χ4v) is 5.36. The molecule has 0 amide bonds. The third-order valence-electron chi connectivity index (χ3n) is 7.58. The first-order chi connectivity index (χ1) is 17.9.